The van der Waals surface area contributed by atoms with Crippen LogP contribution < -0.4 is 9.47 Å². The molecule has 0 aliphatic carbocycles. The number of carbonyl (C=O) groups is 2. The number of carbonyl (C=O) groups excluding carboxylic acids is 2. The lowest BCUT2D eigenvalue weighted by molar-refractivity contribution is -0.121. The summed E-state index contributed by atoms with van der Waals surface area (Å²) in [5.41, 5.74) is 3.35. The Bertz CT molecular complexity index is 1350. The molecule has 6 nitrogen and oxygen atoms in total. The number of ketones is 2. The number of methoxy groups -OCH3 is 1. The zero-order valence-corrected chi connectivity index (χ0v) is 18.7. The number of nitrogens with one attached hydrogen (secondary N) is 1. The minimum absolute atomic E-state index is 0.212. The first-order valence-electron chi connectivity index (χ1n) is 10.8. The van der Waals surface area contributed by atoms with Gasteiger partial charge in [-0.25, -0.2) is 0 Å². The van der Waals surface area contributed by atoms with Crippen LogP contribution in [0.1, 0.15) is 23.2 Å². The summed E-state index contributed by atoms with van der Waals surface area (Å²) in [6.07, 6.45) is 9.52. The zero-order valence-electron chi connectivity index (χ0n) is 18.7. The third-order valence-corrected chi connectivity index (χ3v) is 5.15. The van der Waals surface area contributed by atoms with Crippen LogP contribution in [-0.2, 0) is 16.2 Å². The second kappa shape index (κ2) is 10.9. The highest BCUT2D eigenvalue weighted by Gasteiger charge is 2.10. The van der Waals surface area contributed by atoms with Crippen molar-refractivity contribution in [2.24, 2.45) is 0 Å². The monoisotopic (exact) mass is 452 g/mol. The van der Waals surface area contributed by atoms with Crippen molar-refractivity contribution in [3.63, 3.8) is 0 Å². The average Bonchev–Trinajstić information content (AvgIpc) is 3.33. The van der Waals surface area contributed by atoms with Crippen LogP contribution in [0.2, 0.25) is 0 Å². The number of nitrogens with zero attached hydrogens (tertiary/aromatic N) is 1. The van der Waals surface area contributed by atoms with Crippen molar-refractivity contribution in [2.75, 3.05) is 7.11 Å². The molecule has 0 atom stereocenters. The zero-order chi connectivity index (χ0) is 23.8. The lowest BCUT2D eigenvalue weighted by Crippen LogP contribution is -2.02. The number of allylic oxidation sites excluding steroid dienone is 2. The molecule has 0 spiro atoms. The summed E-state index contributed by atoms with van der Waals surface area (Å²) >= 11 is 0. The summed E-state index contributed by atoms with van der Waals surface area (Å²) in [6, 6.07) is 18.9. The van der Waals surface area contributed by atoms with Crippen molar-refractivity contribution in [3.05, 3.63) is 102 Å². The van der Waals surface area contributed by atoms with Crippen LogP contribution in [0.5, 0.6) is 11.5 Å². The highest BCUT2D eigenvalue weighted by Crippen LogP contribution is 2.32. The Morgan fingerprint density at radius 3 is 2.62 bits per heavy atom. The molecule has 0 bridgehead atoms. The highest BCUT2D eigenvalue weighted by molar-refractivity contribution is 6.11. The number of pyridine rings is 1. The van der Waals surface area contributed by atoms with E-state index < -0.39 is 0 Å². The molecule has 0 saturated heterocycles. The van der Waals surface area contributed by atoms with E-state index in [1.807, 2.05) is 60.8 Å². The summed E-state index contributed by atoms with van der Waals surface area (Å²) in [7, 11) is 1.54. The molecule has 34 heavy (non-hydrogen) atoms. The quantitative estimate of drug-likeness (QED) is 0.257. The molecular formula is C28H24N2O4. The standard InChI is InChI=1S/C28H24N2O4/c1-33-28-22(5-4-7-27(28)34-19-23-6-2-3-15-29-23)11-13-25(32)18-24(31)12-9-20-8-10-21-14-16-30-26(21)17-20/h2-17,30H,18-19H2,1H3/b12-9+,13-11+. The van der Waals surface area contributed by atoms with Crippen LogP contribution in [0.25, 0.3) is 23.1 Å². The number of ether oxygens (including phenoxy) is 2. The van der Waals surface area contributed by atoms with Gasteiger partial charge in [-0.3, -0.25) is 14.6 Å². The van der Waals surface area contributed by atoms with Crippen LogP contribution in [0.15, 0.2) is 85.2 Å². The molecule has 4 rings (SSSR count). The van der Waals surface area contributed by atoms with Gasteiger partial charge in [0.15, 0.2) is 23.1 Å². The fraction of sp³-hybridized carbons (Fsp3) is 0.107. The topological polar surface area (TPSA) is 81.3 Å². The van der Waals surface area contributed by atoms with Crippen LogP contribution in [0.3, 0.4) is 0 Å². The third-order valence-electron chi connectivity index (χ3n) is 5.15. The molecule has 0 unspecified atom stereocenters. The van der Waals surface area contributed by atoms with Crippen molar-refractivity contribution >= 4 is 34.6 Å². The van der Waals surface area contributed by atoms with E-state index in [9.17, 15) is 9.59 Å². The number of rotatable bonds is 10. The SMILES string of the molecule is COc1c(/C=C/C(=O)CC(=O)/C=C/c2ccc3cc[nH]c3c2)cccc1OCc1ccccn1. The number of hydrogen-bond donors (Lipinski definition) is 1. The number of fused-ring (bicyclic) bond motifs is 1. The van der Waals surface area contributed by atoms with Gasteiger partial charge in [0, 0.05) is 23.5 Å². The molecule has 1 N–H and O–H groups in total. The second-order valence-electron chi connectivity index (χ2n) is 7.59. The molecule has 0 amide bonds. The number of H-pyrrole nitrogens is 1. The largest absolute Gasteiger partial charge is 0.492 e. The van der Waals surface area contributed by atoms with Crippen LogP contribution in [0.4, 0.5) is 0 Å². The van der Waals surface area contributed by atoms with Gasteiger partial charge in [0.05, 0.1) is 19.2 Å². The fourth-order valence-corrected chi connectivity index (χ4v) is 3.46. The van der Waals surface area contributed by atoms with Crippen molar-refractivity contribution in [1.29, 1.82) is 0 Å². The van der Waals surface area contributed by atoms with E-state index in [1.165, 1.54) is 12.2 Å². The van der Waals surface area contributed by atoms with E-state index >= 15 is 0 Å². The summed E-state index contributed by atoms with van der Waals surface area (Å²) < 4.78 is 11.4. The van der Waals surface area contributed by atoms with Gasteiger partial charge < -0.3 is 14.5 Å². The van der Waals surface area contributed by atoms with E-state index in [2.05, 4.69) is 9.97 Å². The van der Waals surface area contributed by atoms with Gasteiger partial charge in [-0.1, -0.05) is 36.4 Å². The highest BCUT2D eigenvalue weighted by atomic mass is 16.5. The summed E-state index contributed by atoms with van der Waals surface area (Å²) in [6.45, 7) is 0.293. The maximum Gasteiger partial charge on any atom is 0.167 e. The molecular weight excluding hydrogens is 428 g/mol. The number of aromatic amines is 1. The molecule has 170 valence electrons. The predicted molar refractivity (Wildman–Crippen MR) is 133 cm³/mol. The molecule has 0 fully saturated rings. The van der Waals surface area contributed by atoms with Crippen molar-refractivity contribution < 1.29 is 19.1 Å². The first-order valence-corrected chi connectivity index (χ1v) is 10.8. The van der Waals surface area contributed by atoms with Crippen LogP contribution >= 0.6 is 0 Å². The Morgan fingerprint density at radius 1 is 0.971 bits per heavy atom. The van der Waals surface area contributed by atoms with Gasteiger partial charge in [-0.15, -0.1) is 0 Å². The maximum absolute atomic E-state index is 12.3. The van der Waals surface area contributed by atoms with Crippen molar-refractivity contribution in [1.82, 2.24) is 9.97 Å². The molecule has 2 aromatic carbocycles. The average molecular weight is 453 g/mol. The summed E-state index contributed by atoms with van der Waals surface area (Å²) in [4.78, 5) is 32.0. The molecule has 0 aliphatic rings. The predicted octanol–water partition coefficient (Wildman–Crippen LogP) is 5.41. The van der Waals surface area contributed by atoms with E-state index in [0.29, 0.717) is 23.7 Å². The smallest absolute Gasteiger partial charge is 0.167 e. The Morgan fingerprint density at radius 2 is 1.82 bits per heavy atom. The van der Waals surface area contributed by atoms with Gasteiger partial charge in [0.2, 0.25) is 0 Å². The Hall–Kier alpha value is -4.45. The molecule has 2 heterocycles. The third kappa shape index (κ3) is 5.86. The lowest BCUT2D eigenvalue weighted by Gasteiger charge is -2.12. The molecule has 0 aliphatic heterocycles. The minimum atomic E-state index is -0.295. The first-order chi connectivity index (χ1) is 16.6. The normalized spacial score (nSPS) is 11.3. The summed E-state index contributed by atoms with van der Waals surface area (Å²) in [5, 5.41) is 1.10. The number of benzene rings is 2. The van der Waals surface area contributed by atoms with Crippen molar-refractivity contribution in [3.8, 4) is 11.5 Å². The van der Waals surface area contributed by atoms with Gasteiger partial charge in [-0.05, 0) is 59.5 Å². The lowest BCUT2D eigenvalue weighted by atomic mass is 10.1. The Labute approximate surface area is 197 Å². The number of hydrogen-bond acceptors (Lipinski definition) is 5. The molecule has 0 saturated carbocycles. The van der Waals surface area contributed by atoms with Gasteiger partial charge in [-0.2, -0.15) is 0 Å². The molecule has 4 aromatic rings. The van der Waals surface area contributed by atoms with Crippen LogP contribution in [0, 0.1) is 0 Å². The Kier molecular flexibility index (Phi) is 7.30. The maximum atomic E-state index is 12.3. The van der Waals surface area contributed by atoms with Gasteiger partial charge in [0.25, 0.3) is 0 Å². The summed E-state index contributed by atoms with van der Waals surface area (Å²) in [5.74, 6) is 0.492. The fourth-order valence-electron chi connectivity index (χ4n) is 3.46. The Balaban J connectivity index is 1.37. The molecule has 0 radical (unpaired) electrons. The van der Waals surface area contributed by atoms with Gasteiger partial charge >= 0.3 is 0 Å². The van der Waals surface area contributed by atoms with E-state index in [4.69, 9.17) is 9.47 Å². The first kappa shape index (κ1) is 22.7. The van der Waals surface area contributed by atoms with E-state index in [-0.39, 0.29) is 18.0 Å². The van der Waals surface area contributed by atoms with Gasteiger partial charge in [0.1, 0.15) is 6.61 Å². The number of para-hydroxylation sites is 1. The number of aromatic nitrogens is 2. The van der Waals surface area contributed by atoms with E-state index in [1.54, 1.807) is 31.5 Å². The van der Waals surface area contributed by atoms with E-state index in [0.717, 1.165) is 22.2 Å². The second-order valence-corrected chi connectivity index (χ2v) is 7.59. The van der Waals surface area contributed by atoms with Crippen molar-refractivity contribution in [2.45, 2.75) is 13.0 Å². The van der Waals surface area contributed by atoms with Crippen LogP contribution in [-0.4, -0.2) is 28.6 Å². The molecule has 6 heteroatoms. The minimum Gasteiger partial charge on any atom is -0.492 e. The molecule has 2 aromatic heterocycles.